The van der Waals surface area contributed by atoms with E-state index < -0.39 is 0 Å². The fourth-order valence-corrected chi connectivity index (χ4v) is 5.45. The van der Waals surface area contributed by atoms with E-state index in [9.17, 15) is 5.11 Å². The molecule has 1 aliphatic carbocycles. The molecule has 2 aromatic heterocycles. The number of H-pyrrole nitrogens is 1. The van der Waals surface area contributed by atoms with Gasteiger partial charge in [0.25, 0.3) is 0 Å². The minimum atomic E-state index is 0.307. The van der Waals surface area contributed by atoms with Gasteiger partial charge in [0, 0.05) is 56.1 Å². The van der Waals surface area contributed by atoms with Gasteiger partial charge in [-0.2, -0.15) is 0 Å². The maximum absolute atomic E-state index is 10.2. The molecule has 0 spiro atoms. The van der Waals surface area contributed by atoms with Crippen molar-refractivity contribution in [2.24, 2.45) is 0 Å². The van der Waals surface area contributed by atoms with Gasteiger partial charge in [-0.3, -0.25) is 0 Å². The number of hydrogen-bond acceptors (Lipinski definition) is 1. The summed E-state index contributed by atoms with van der Waals surface area (Å²) in [6.45, 7) is 0. The van der Waals surface area contributed by atoms with Crippen molar-refractivity contribution in [3.63, 3.8) is 0 Å². The second kappa shape index (κ2) is 6.30. The van der Waals surface area contributed by atoms with Crippen LogP contribution in [0.15, 0.2) is 60.9 Å². The van der Waals surface area contributed by atoms with Gasteiger partial charge in [0.2, 0.25) is 0 Å². The molecule has 0 saturated heterocycles. The second-order valence-corrected chi connectivity index (χ2v) is 8.50. The first-order valence-electron chi connectivity index (χ1n) is 10.2. The zero-order valence-corrected chi connectivity index (χ0v) is 16.7. The van der Waals surface area contributed by atoms with Gasteiger partial charge >= 0.3 is 0 Å². The van der Waals surface area contributed by atoms with Crippen molar-refractivity contribution >= 4 is 44.2 Å². The summed E-state index contributed by atoms with van der Waals surface area (Å²) in [5.74, 6) is 0.307. The predicted octanol–water partition coefficient (Wildman–Crippen LogP) is 7.42. The standard InChI is InChI=1S/C25H21ClN2O/c26-22-8-4-3-7-17(22)18-12-24-25(21-14-27-13-20(18)21)19-11-16(29)9-10-23(19)28(24)15-5-1-2-6-15/h3-4,7-15,27,29H,1-2,5-6H2. The van der Waals surface area contributed by atoms with Crippen molar-refractivity contribution < 1.29 is 5.11 Å². The third-order valence-corrected chi connectivity index (χ3v) is 6.79. The molecule has 1 aliphatic rings. The summed E-state index contributed by atoms with van der Waals surface area (Å²) in [5, 5.41) is 15.6. The lowest BCUT2D eigenvalue weighted by Crippen LogP contribution is -2.04. The Morgan fingerprint density at radius 1 is 0.862 bits per heavy atom. The fraction of sp³-hybridized carbons (Fsp3) is 0.200. The van der Waals surface area contributed by atoms with E-state index in [4.69, 9.17) is 11.6 Å². The summed E-state index contributed by atoms with van der Waals surface area (Å²) >= 11 is 6.59. The largest absolute Gasteiger partial charge is 0.508 e. The molecule has 0 radical (unpaired) electrons. The van der Waals surface area contributed by atoms with Crippen LogP contribution in [0.2, 0.25) is 5.02 Å². The van der Waals surface area contributed by atoms with E-state index >= 15 is 0 Å². The average molecular weight is 401 g/mol. The molecule has 3 nitrogen and oxygen atoms in total. The third kappa shape index (κ3) is 2.44. The highest BCUT2D eigenvalue weighted by atomic mass is 35.5. The normalized spacial score (nSPS) is 15.2. The first kappa shape index (κ1) is 17.0. The van der Waals surface area contributed by atoms with Crippen molar-refractivity contribution in [2.75, 3.05) is 0 Å². The van der Waals surface area contributed by atoms with E-state index in [1.54, 1.807) is 6.07 Å². The van der Waals surface area contributed by atoms with Gasteiger partial charge in [0.05, 0.1) is 5.52 Å². The number of hydrogen-bond donors (Lipinski definition) is 2. The molecular weight excluding hydrogens is 380 g/mol. The topological polar surface area (TPSA) is 40.9 Å². The van der Waals surface area contributed by atoms with Crippen LogP contribution in [-0.4, -0.2) is 14.7 Å². The minimum Gasteiger partial charge on any atom is -0.508 e. The number of phenolic OH excluding ortho intramolecular Hbond substituents is 1. The van der Waals surface area contributed by atoms with Crippen LogP contribution in [0, 0.1) is 0 Å². The highest BCUT2D eigenvalue weighted by Gasteiger charge is 2.24. The maximum atomic E-state index is 10.2. The molecule has 2 N–H and O–H groups in total. The minimum absolute atomic E-state index is 0.307. The van der Waals surface area contributed by atoms with Crippen LogP contribution in [0.25, 0.3) is 43.7 Å². The maximum Gasteiger partial charge on any atom is 0.116 e. The number of aromatic nitrogens is 2. The monoisotopic (exact) mass is 400 g/mol. The number of nitrogens with one attached hydrogen (secondary N) is 1. The Bertz CT molecular complexity index is 1390. The van der Waals surface area contributed by atoms with Gasteiger partial charge in [0.1, 0.15) is 5.75 Å². The molecule has 2 heterocycles. The molecule has 5 aromatic rings. The SMILES string of the molecule is Oc1ccc2c(c1)c1c3c[nH]cc3c(-c3ccccc3Cl)cc1n2C1CCCC1. The number of fused-ring (bicyclic) bond motifs is 5. The summed E-state index contributed by atoms with van der Waals surface area (Å²) in [7, 11) is 0. The molecule has 0 amide bonds. The van der Waals surface area contributed by atoms with Crippen LogP contribution >= 0.6 is 11.6 Å². The van der Waals surface area contributed by atoms with E-state index in [1.807, 2.05) is 24.3 Å². The van der Waals surface area contributed by atoms with E-state index in [2.05, 4.69) is 40.1 Å². The third-order valence-electron chi connectivity index (χ3n) is 6.46. The van der Waals surface area contributed by atoms with Crippen LogP contribution in [0.3, 0.4) is 0 Å². The van der Waals surface area contributed by atoms with E-state index in [0.717, 1.165) is 26.9 Å². The summed E-state index contributed by atoms with van der Waals surface area (Å²) < 4.78 is 2.50. The quantitative estimate of drug-likeness (QED) is 0.318. The number of rotatable bonds is 2. The summed E-state index contributed by atoms with van der Waals surface area (Å²) in [4.78, 5) is 3.30. The smallest absolute Gasteiger partial charge is 0.116 e. The van der Waals surface area contributed by atoms with Gasteiger partial charge in [-0.05, 0) is 48.7 Å². The fourth-order valence-electron chi connectivity index (χ4n) is 5.21. The molecule has 3 aromatic carbocycles. The number of halogens is 1. The molecule has 0 aliphatic heterocycles. The first-order chi connectivity index (χ1) is 14.2. The van der Waals surface area contributed by atoms with Crippen molar-refractivity contribution in [2.45, 2.75) is 31.7 Å². The Balaban J connectivity index is 1.81. The Morgan fingerprint density at radius 2 is 1.66 bits per heavy atom. The van der Waals surface area contributed by atoms with Crippen LogP contribution < -0.4 is 0 Å². The lowest BCUT2D eigenvalue weighted by atomic mass is 9.97. The van der Waals surface area contributed by atoms with E-state index in [1.165, 1.54) is 47.5 Å². The Hall–Kier alpha value is -2.91. The molecule has 0 unspecified atom stereocenters. The van der Waals surface area contributed by atoms with Crippen LogP contribution in [0.1, 0.15) is 31.7 Å². The van der Waals surface area contributed by atoms with Crippen molar-refractivity contribution in [3.8, 4) is 16.9 Å². The summed E-state index contributed by atoms with van der Waals surface area (Å²) in [5.41, 5.74) is 4.61. The predicted molar refractivity (Wildman–Crippen MR) is 121 cm³/mol. The van der Waals surface area contributed by atoms with Gasteiger partial charge in [-0.25, -0.2) is 0 Å². The second-order valence-electron chi connectivity index (χ2n) is 8.09. The van der Waals surface area contributed by atoms with Crippen LogP contribution in [-0.2, 0) is 0 Å². The van der Waals surface area contributed by atoms with Gasteiger partial charge < -0.3 is 14.7 Å². The zero-order valence-electron chi connectivity index (χ0n) is 16.0. The molecule has 6 rings (SSSR count). The molecule has 1 saturated carbocycles. The van der Waals surface area contributed by atoms with Crippen molar-refractivity contribution in [3.05, 3.63) is 65.9 Å². The number of nitrogens with zero attached hydrogens (tertiary/aromatic N) is 1. The van der Waals surface area contributed by atoms with Gasteiger partial charge in [-0.15, -0.1) is 0 Å². The molecule has 0 bridgehead atoms. The highest BCUT2D eigenvalue weighted by molar-refractivity contribution is 6.34. The summed E-state index contributed by atoms with van der Waals surface area (Å²) in [6, 6.07) is 16.6. The van der Waals surface area contributed by atoms with E-state index in [-0.39, 0.29) is 0 Å². The lowest BCUT2D eigenvalue weighted by Gasteiger charge is -2.16. The molecular formula is C25H21ClN2O. The molecule has 0 atom stereocenters. The highest BCUT2D eigenvalue weighted by Crippen LogP contribution is 2.45. The van der Waals surface area contributed by atoms with Crippen LogP contribution in [0.5, 0.6) is 5.75 Å². The number of benzene rings is 3. The average Bonchev–Trinajstić information content (AvgIpc) is 3.45. The lowest BCUT2D eigenvalue weighted by molar-refractivity contribution is 0.476. The summed E-state index contributed by atoms with van der Waals surface area (Å²) in [6.07, 6.45) is 9.07. The Morgan fingerprint density at radius 3 is 2.48 bits per heavy atom. The van der Waals surface area contributed by atoms with E-state index in [0.29, 0.717) is 11.8 Å². The number of aromatic hydroxyl groups is 1. The van der Waals surface area contributed by atoms with Gasteiger partial charge in [-0.1, -0.05) is 42.6 Å². The zero-order chi connectivity index (χ0) is 19.5. The van der Waals surface area contributed by atoms with Gasteiger partial charge in [0.15, 0.2) is 0 Å². The Kier molecular flexibility index (Phi) is 3.69. The molecule has 29 heavy (non-hydrogen) atoms. The number of phenols is 1. The molecule has 144 valence electrons. The Labute approximate surface area is 173 Å². The molecule has 4 heteroatoms. The van der Waals surface area contributed by atoms with Crippen molar-refractivity contribution in [1.29, 1.82) is 0 Å². The van der Waals surface area contributed by atoms with Crippen molar-refractivity contribution in [1.82, 2.24) is 9.55 Å². The molecule has 1 fully saturated rings. The first-order valence-corrected chi connectivity index (χ1v) is 10.6. The van der Waals surface area contributed by atoms with Crippen LogP contribution in [0.4, 0.5) is 0 Å². The number of aromatic amines is 1.